The molecule has 9 heteroatoms. The summed E-state index contributed by atoms with van der Waals surface area (Å²) in [7, 11) is 1.83. The van der Waals surface area contributed by atoms with Crippen LogP contribution in [0.1, 0.15) is 35.2 Å². The number of fused-ring (bicyclic) bond motifs is 1. The van der Waals surface area contributed by atoms with Crippen LogP contribution < -0.4 is 10.6 Å². The van der Waals surface area contributed by atoms with Gasteiger partial charge in [-0.3, -0.25) is 14.4 Å². The molecule has 0 radical (unpaired) electrons. The van der Waals surface area contributed by atoms with Crippen LogP contribution in [0.15, 0.2) is 67.0 Å². The van der Waals surface area contributed by atoms with Crippen LogP contribution in [0.2, 0.25) is 0 Å². The van der Waals surface area contributed by atoms with Crippen molar-refractivity contribution in [2.45, 2.75) is 39.0 Å². The number of anilines is 2. The molecule has 2 aromatic heterocycles. The van der Waals surface area contributed by atoms with Gasteiger partial charge in [0.1, 0.15) is 17.5 Å². The molecule has 0 fully saturated rings. The smallest absolute Gasteiger partial charge is 0.237 e. The third-order valence-corrected chi connectivity index (χ3v) is 7.09. The maximum absolute atomic E-state index is 15.8. The van der Waals surface area contributed by atoms with Crippen molar-refractivity contribution in [1.29, 1.82) is 0 Å². The van der Waals surface area contributed by atoms with Crippen LogP contribution in [0, 0.1) is 12.7 Å². The molecule has 3 N–H and O–H groups in total. The summed E-state index contributed by atoms with van der Waals surface area (Å²) in [6.07, 6.45) is 3.33. The lowest BCUT2D eigenvalue weighted by Crippen LogP contribution is -2.44. The van der Waals surface area contributed by atoms with Gasteiger partial charge < -0.3 is 15.7 Å². The second-order valence-electron chi connectivity index (χ2n) is 9.70. The third kappa shape index (κ3) is 5.16. The molecule has 4 aromatic rings. The van der Waals surface area contributed by atoms with Crippen LogP contribution in [-0.4, -0.2) is 43.3 Å². The van der Waals surface area contributed by atoms with Gasteiger partial charge in [0, 0.05) is 43.5 Å². The average molecular weight is 515 g/mol. The van der Waals surface area contributed by atoms with Crippen LogP contribution >= 0.6 is 0 Å². The number of halogens is 1. The number of hydrogen-bond donors (Lipinski definition) is 3. The molecule has 38 heavy (non-hydrogen) atoms. The summed E-state index contributed by atoms with van der Waals surface area (Å²) in [5.74, 6) is 0.866. The van der Waals surface area contributed by atoms with Gasteiger partial charge >= 0.3 is 0 Å². The van der Waals surface area contributed by atoms with E-state index in [0.29, 0.717) is 35.6 Å². The molecule has 0 saturated heterocycles. The molecule has 2 aromatic carbocycles. The number of hydrogen-bond acceptors (Lipinski definition) is 6. The van der Waals surface area contributed by atoms with Crippen molar-refractivity contribution < 1.29 is 14.3 Å². The summed E-state index contributed by atoms with van der Waals surface area (Å²) in [5.41, 5.74) is 4.56. The summed E-state index contributed by atoms with van der Waals surface area (Å²) < 4.78 is 17.5. The van der Waals surface area contributed by atoms with E-state index in [1.165, 1.54) is 0 Å². The summed E-state index contributed by atoms with van der Waals surface area (Å²) in [5, 5.41) is 20.2. The molecule has 0 bridgehead atoms. The molecule has 0 aliphatic carbocycles. The highest BCUT2D eigenvalue weighted by Gasteiger charge is 2.31. The lowest BCUT2D eigenvalue weighted by atomic mass is 10.00. The molecule has 3 heterocycles. The zero-order valence-electron chi connectivity index (χ0n) is 21.6. The number of nitrogens with zero attached hydrogens (tertiary/aromatic N) is 4. The Morgan fingerprint density at radius 1 is 1.13 bits per heavy atom. The highest BCUT2D eigenvalue weighted by molar-refractivity contribution is 5.82. The van der Waals surface area contributed by atoms with E-state index < -0.39 is 12.1 Å². The van der Waals surface area contributed by atoms with Gasteiger partial charge in [-0.15, -0.1) is 0 Å². The SMILES string of the molecule is Cc1cccc([C@@H](CO)NC(=O)[C@@H](C)N2Cc3ccc(-c4ccnc(Nc5ccnn5C)c4)c(F)c3C2)c1. The van der Waals surface area contributed by atoms with E-state index in [1.807, 2.05) is 62.2 Å². The number of aromatic nitrogens is 3. The first-order chi connectivity index (χ1) is 18.3. The number of pyridine rings is 1. The highest BCUT2D eigenvalue weighted by atomic mass is 19.1. The maximum atomic E-state index is 15.8. The van der Waals surface area contributed by atoms with Crippen LogP contribution in [0.3, 0.4) is 0 Å². The fourth-order valence-electron chi connectivity index (χ4n) is 4.83. The van der Waals surface area contributed by atoms with E-state index in [0.717, 1.165) is 22.5 Å². The Balaban J connectivity index is 1.30. The molecule has 8 nitrogen and oxygen atoms in total. The summed E-state index contributed by atoms with van der Waals surface area (Å²) in [6, 6.07) is 15.8. The molecule has 5 rings (SSSR count). The minimum atomic E-state index is -0.501. The predicted molar refractivity (Wildman–Crippen MR) is 144 cm³/mol. The van der Waals surface area contributed by atoms with Gasteiger partial charge in [0.2, 0.25) is 5.91 Å². The Bertz CT molecular complexity index is 1470. The third-order valence-electron chi connectivity index (χ3n) is 7.09. The number of rotatable bonds is 8. The molecular weight excluding hydrogens is 483 g/mol. The first-order valence-corrected chi connectivity index (χ1v) is 12.6. The molecule has 2 atom stereocenters. The highest BCUT2D eigenvalue weighted by Crippen LogP contribution is 2.34. The fourth-order valence-corrected chi connectivity index (χ4v) is 4.83. The topological polar surface area (TPSA) is 95.3 Å². The number of aliphatic hydroxyl groups is 1. The zero-order valence-corrected chi connectivity index (χ0v) is 21.6. The van der Waals surface area contributed by atoms with Gasteiger partial charge in [-0.1, -0.05) is 42.0 Å². The van der Waals surface area contributed by atoms with Crippen LogP contribution in [0.25, 0.3) is 11.1 Å². The van der Waals surface area contributed by atoms with Crippen molar-refractivity contribution in [3.05, 3.63) is 95.1 Å². The Morgan fingerprint density at radius 3 is 2.71 bits per heavy atom. The molecule has 0 unspecified atom stereocenters. The fraction of sp³-hybridized carbons (Fsp3) is 0.276. The summed E-state index contributed by atoms with van der Waals surface area (Å²) in [4.78, 5) is 19.4. The van der Waals surface area contributed by atoms with Crippen LogP contribution in [0.4, 0.5) is 16.0 Å². The largest absolute Gasteiger partial charge is 0.394 e. The van der Waals surface area contributed by atoms with Gasteiger partial charge in [-0.05, 0) is 42.7 Å². The molecular formula is C29H31FN6O2. The number of benzene rings is 2. The van der Waals surface area contributed by atoms with Crippen molar-refractivity contribution in [3.8, 4) is 11.1 Å². The van der Waals surface area contributed by atoms with Gasteiger partial charge in [-0.25, -0.2) is 9.37 Å². The van der Waals surface area contributed by atoms with Crippen LogP contribution in [0.5, 0.6) is 0 Å². The van der Waals surface area contributed by atoms with E-state index >= 15 is 4.39 Å². The Labute approximate surface area is 221 Å². The average Bonchev–Trinajstić information content (AvgIpc) is 3.53. The normalized spacial score (nSPS) is 14.7. The predicted octanol–water partition coefficient (Wildman–Crippen LogP) is 4.23. The quantitative estimate of drug-likeness (QED) is 0.326. The summed E-state index contributed by atoms with van der Waals surface area (Å²) in [6.45, 7) is 4.37. The van der Waals surface area contributed by atoms with E-state index in [1.54, 1.807) is 35.3 Å². The lowest BCUT2D eigenvalue weighted by Gasteiger charge is -2.26. The number of aryl methyl sites for hydroxylation is 2. The van der Waals surface area contributed by atoms with Crippen molar-refractivity contribution in [2.24, 2.45) is 7.05 Å². The Kier molecular flexibility index (Phi) is 7.22. The number of amides is 1. The molecule has 1 aliphatic heterocycles. The Hall–Kier alpha value is -4.08. The second-order valence-corrected chi connectivity index (χ2v) is 9.70. The monoisotopic (exact) mass is 514 g/mol. The molecule has 0 spiro atoms. The zero-order chi connectivity index (χ0) is 26.8. The van der Waals surface area contributed by atoms with Crippen LogP contribution in [-0.2, 0) is 24.9 Å². The number of nitrogens with one attached hydrogen (secondary N) is 2. The first-order valence-electron chi connectivity index (χ1n) is 12.6. The molecule has 1 amide bonds. The van der Waals surface area contributed by atoms with Crippen molar-refractivity contribution in [3.63, 3.8) is 0 Å². The standard InChI is InChI=1S/C29H31FN6O2/c1-18-5-4-6-21(13-18)25(17-37)33-29(38)19(2)36-15-22-7-8-23(28(30)24(22)16-36)20-9-11-31-26(14-20)34-27-10-12-32-35(27)3/h4-14,19,25,37H,15-17H2,1-3H3,(H,31,34)(H,33,38)/t19-,25-/m1/s1. The van der Waals surface area contributed by atoms with Crippen molar-refractivity contribution in [2.75, 3.05) is 11.9 Å². The summed E-state index contributed by atoms with van der Waals surface area (Å²) >= 11 is 0. The molecule has 1 aliphatic rings. The lowest BCUT2D eigenvalue weighted by molar-refractivity contribution is -0.127. The molecule has 0 saturated carbocycles. The maximum Gasteiger partial charge on any atom is 0.237 e. The van der Waals surface area contributed by atoms with Gasteiger partial charge in [0.05, 0.1) is 24.9 Å². The number of carbonyl (C=O) groups excluding carboxylic acids is 1. The molecule has 196 valence electrons. The van der Waals surface area contributed by atoms with E-state index in [2.05, 4.69) is 20.7 Å². The van der Waals surface area contributed by atoms with E-state index in [-0.39, 0.29) is 18.3 Å². The van der Waals surface area contributed by atoms with Gasteiger partial charge in [-0.2, -0.15) is 5.10 Å². The first kappa shape index (κ1) is 25.6. The number of aliphatic hydroxyl groups excluding tert-OH is 1. The second kappa shape index (κ2) is 10.7. The van der Waals surface area contributed by atoms with Gasteiger partial charge in [0.15, 0.2) is 0 Å². The minimum absolute atomic E-state index is 0.205. The van der Waals surface area contributed by atoms with Crippen molar-refractivity contribution >= 4 is 17.5 Å². The number of carbonyl (C=O) groups is 1. The minimum Gasteiger partial charge on any atom is -0.394 e. The Morgan fingerprint density at radius 2 is 1.97 bits per heavy atom. The van der Waals surface area contributed by atoms with E-state index in [9.17, 15) is 9.90 Å². The van der Waals surface area contributed by atoms with E-state index in [4.69, 9.17) is 0 Å². The van der Waals surface area contributed by atoms with Gasteiger partial charge in [0.25, 0.3) is 0 Å². The van der Waals surface area contributed by atoms with Crippen molar-refractivity contribution in [1.82, 2.24) is 25.0 Å².